The molecule has 3 rings (SSSR count). The average molecular weight is 470 g/mol. The number of methoxy groups -OCH3 is 3. The molecule has 0 saturated carbocycles. The summed E-state index contributed by atoms with van der Waals surface area (Å²) in [4.78, 5) is 27.7. The summed E-state index contributed by atoms with van der Waals surface area (Å²) >= 11 is 0. The van der Waals surface area contributed by atoms with Crippen molar-refractivity contribution in [3.63, 3.8) is 0 Å². The van der Waals surface area contributed by atoms with Crippen molar-refractivity contribution < 1.29 is 33.6 Å². The van der Waals surface area contributed by atoms with E-state index in [2.05, 4.69) is 0 Å². The lowest BCUT2D eigenvalue weighted by Gasteiger charge is -2.26. The van der Waals surface area contributed by atoms with Crippen LogP contribution in [0, 0.1) is 0 Å². The number of nitrogens with zero attached hydrogens (tertiary/aromatic N) is 1. The zero-order chi connectivity index (χ0) is 24.8. The molecule has 0 aromatic heterocycles. The molecule has 1 saturated heterocycles. The Bertz CT molecular complexity index is 1040. The number of rotatable bonds is 10. The molecule has 1 aliphatic heterocycles. The Kier molecular flexibility index (Phi) is 8.17. The number of benzene rings is 2. The van der Waals surface area contributed by atoms with Crippen molar-refractivity contribution in [3.05, 3.63) is 59.2 Å². The van der Waals surface area contributed by atoms with Crippen LogP contribution in [0.5, 0.6) is 17.2 Å². The zero-order valence-electron chi connectivity index (χ0n) is 20.2. The first-order valence-electron chi connectivity index (χ1n) is 11.1. The number of Topliss-reactive ketones (excluding diaryl/α,β-unsaturated/α-hetero) is 1. The van der Waals surface area contributed by atoms with E-state index in [1.807, 2.05) is 13.8 Å². The van der Waals surface area contributed by atoms with Gasteiger partial charge in [0.2, 0.25) is 5.75 Å². The minimum atomic E-state index is -0.840. The normalized spacial score (nSPS) is 17.4. The van der Waals surface area contributed by atoms with Gasteiger partial charge in [-0.25, -0.2) is 0 Å². The van der Waals surface area contributed by atoms with Crippen molar-refractivity contribution in [2.45, 2.75) is 32.4 Å². The first-order chi connectivity index (χ1) is 16.3. The highest BCUT2D eigenvalue weighted by Crippen LogP contribution is 2.45. The summed E-state index contributed by atoms with van der Waals surface area (Å²) < 4.78 is 22.0. The van der Waals surface area contributed by atoms with Gasteiger partial charge in [-0.2, -0.15) is 0 Å². The number of ether oxygens (including phenoxy) is 4. The van der Waals surface area contributed by atoms with E-state index in [9.17, 15) is 14.7 Å². The van der Waals surface area contributed by atoms with Crippen molar-refractivity contribution in [3.8, 4) is 17.2 Å². The molecule has 2 aromatic carbocycles. The first kappa shape index (κ1) is 25.1. The van der Waals surface area contributed by atoms with Crippen LogP contribution < -0.4 is 14.2 Å². The maximum absolute atomic E-state index is 13.2. The second-order valence-electron chi connectivity index (χ2n) is 8.09. The van der Waals surface area contributed by atoms with E-state index in [-0.39, 0.29) is 24.0 Å². The summed E-state index contributed by atoms with van der Waals surface area (Å²) in [5.74, 6) is -0.515. The van der Waals surface area contributed by atoms with Crippen LogP contribution in [-0.2, 0) is 14.3 Å². The van der Waals surface area contributed by atoms with Gasteiger partial charge >= 0.3 is 0 Å². The molecule has 1 unspecified atom stereocenters. The Morgan fingerprint density at radius 2 is 1.62 bits per heavy atom. The molecule has 0 bridgehead atoms. The van der Waals surface area contributed by atoms with Gasteiger partial charge in [0.1, 0.15) is 5.76 Å². The van der Waals surface area contributed by atoms with Crippen molar-refractivity contribution in [2.75, 3.05) is 34.5 Å². The van der Waals surface area contributed by atoms with E-state index >= 15 is 0 Å². The van der Waals surface area contributed by atoms with Gasteiger partial charge in [-0.05, 0) is 38.0 Å². The Morgan fingerprint density at radius 3 is 2.15 bits per heavy atom. The lowest BCUT2D eigenvalue weighted by atomic mass is 9.94. The van der Waals surface area contributed by atoms with E-state index < -0.39 is 17.7 Å². The number of aliphatic hydroxyl groups is 1. The van der Waals surface area contributed by atoms with Gasteiger partial charge in [-0.1, -0.05) is 30.3 Å². The van der Waals surface area contributed by atoms with Crippen molar-refractivity contribution >= 4 is 17.4 Å². The van der Waals surface area contributed by atoms with E-state index in [1.165, 1.54) is 26.2 Å². The summed E-state index contributed by atoms with van der Waals surface area (Å²) in [6.07, 6.45) is 0.580. The molecule has 182 valence electrons. The molecule has 2 aromatic rings. The average Bonchev–Trinajstić information content (AvgIpc) is 3.10. The molecule has 8 heteroatoms. The number of hydrogen-bond acceptors (Lipinski definition) is 7. The van der Waals surface area contributed by atoms with Crippen LogP contribution in [0.3, 0.4) is 0 Å². The summed E-state index contributed by atoms with van der Waals surface area (Å²) in [6, 6.07) is 11.2. The standard InChI is InChI=1S/C26H31NO7/c1-16(2)34-13-9-12-27-22(18-14-19(31-3)25(33-5)20(15-18)32-4)21(24(29)26(27)30)23(28)17-10-7-6-8-11-17/h6-8,10-11,14-16,22,28H,9,12-13H2,1-5H3/b23-21+. The van der Waals surface area contributed by atoms with Gasteiger partial charge in [-0.15, -0.1) is 0 Å². The van der Waals surface area contributed by atoms with Crippen LogP contribution in [0.1, 0.15) is 37.4 Å². The fourth-order valence-corrected chi connectivity index (χ4v) is 4.02. The zero-order valence-corrected chi connectivity index (χ0v) is 20.2. The summed E-state index contributed by atoms with van der Waals surface area (Å²) in [7, 11) is 4.48. The Labute approximate surface area is 199 Å². The third-order valence-electron chi connectivity index (χ3n) is 5.58. The highest BCUT2D eigenvalue weighted by atomic mass is 16.5. The third-order valence-corrected chi connectivity index (χ3v) is 5.58. The molecule has 0 radical (unpaired) electrons. The molecule has 1 amide bonds. The number of hydrogen-bond donors (Lipinski definition) is 1. The van der Waals surface area contributed by atoms with Crippen LogP contribution in [0.15, 0.2) is 48.0 Å². The van der Waals surface area contributed by atoms with Gasteiger partial charge in [0.25, 0.3) is 11.7 Å². The molecule has 8 nitrogen and oxygen atoms in total. The lowest BCUT2D eigenvalue weighted by molar-refractivity contribution is -0.140. The fraction of sp³-hybridized carbons (Fsp3) is 0.385. The maximum atomic E-state index is 13.2. The van der Waals surface area contributed by atoms with Crippen LogP contribution >= 0.6 is 0 Å². The highest BCUT2D eigenvalue weighted by Gasteiger charge is 2.46. The largest absolute Gasteiger partial charge is 0.507 e. The van der Waals surface area contributed by atoms with E-state index in [0.717, 1.165) is 0 Å². The van der Waals surface area contributed by atoms with Crippen LogP contribution in [-0.4, -0.2) is 62.3 Å². The molecule has 1 aliphatic rings. The number of amides is 1. The molecule has 0 spiro atoms. The molecular weight excluding hydrogens is 438 g/mol. The predicted octanol–water partition coefficient (Wildman–Crippen LogP) is 3.95. The number of carbonyl (C=O) groups is 2. The number of aliphatic hydroxyl groups excluding tert-OH is 1. The second-order valence-corrected chi connectivity index (χ2v) is 8.09. The topological polar surface area (TPSA) is 94.5 Å². The quantitative estimate of drug-likeness (QED) is 0.244. The summed E-state index contributed by atoms with van der Waals surface area (Å²) in [5.41, 5.74) is 1.01. The van der Waals surface area contributed by atoms with E-state index in [1.54, 1.807) is 42.5 Å². The van der Waals surface area contributed by atoms with Crippen LogP contribution in [0.2, 0.25) is 0 Å². The number of ketones is 1. The molecule has 1 atom stereocenters. The highest BCUT2D eigenvalue weighted by molar-refractivity contribution is 6.46. The fourth-order valence-electron chi connectivity index (χ4n) is 4.02. The molecule has 1 fully saturated rings. The van der Waals surface area contributed by atoms with Gasteiger partial charge < -0.3 is 29.0 Å². The van der Waals surface area contributed by atoms with Crippen LogP contribution in [0.25, 0.3) is 5.76 Å². The Balaban J connectivity index is 2.15. The van der Waals surface area contributed by atoms with Gasteiger partial charge in [-0.3, -0.25) is 9.59 Å². The minimum absolute atomic E-state index is 0.00949. The molecule has 0 aliphatic carbocycles. The molecule has 1 heterocycles. The minimum Gasteiger partial charge on any atom is -0.507 e. The van der Waals surface area contributed by atoms with Crippen molar-refractivity contribution in [1.29, 1.82) is 0 Å². The smallest absolute Gasteiger partial charge is 0.295 e. The summed E-state index contributed by atoms with van der Waals surface area (Å²) in [5, 5.41) is 11.1. The van der Waals surface area contributed by atoms with Crippen molar-refractivity contribution in [1.82, 2.24) is 4.90 Å². The van der Waals surface area contributed by atoms with E-state index in [0.29, 0.717) is 41.4 Å². The maximum Gasteiger partial charge on any atom is 0.295 e. The first-order valence-corrected chi connectivity index (χ1v) is 11.1. The van der Waals surface area contributed by atoms with Gasteiger partial charge in [0.15, 0.2) is 11.5 Å². The van der Waals surface area contributed by atoms with Gasteiger partial charge in [0.05, 0.1) is 39.0 Å². The SMILES string of the molecule is COc1cc(C2/C(=C(\O)c3ccccc3)C(=O)C(=O)N2CCCOC(C)C)cc(OC)c1OC. The third kappa shape index (κ3) is 5.02. The van der Waals surface area contributed by atoms with E-state index in [4.69, 9.17) is 18.9 Å². The molecular formula is C26H31NO7. The summed E-state index contributed by atoms with van der Waals surface area (Å²) in [6.45, 7) is 4.56. The molecule has 1 N–H and O–H groups in total. The monoisotopic (exact) mass is 469 g/mol. The molecule has 34 heavy (non-hydrogen) atoms. The predicted molar refractivity (Wildman–Crippen MR) is 127 cm³/mol. The van der Waals surface area contributed by atoms with Crippen molar-refractivity contribution in [2.24, 2.45) is 0 Å². The number of likely N-dealkylation sites (tertiary alicyclic amines) is 1. The Morgan fingerprint density at radius 1 is 1.00 bits per heavy atom. The van der Waals surface area contributed by atoms with Gasteiger partial charge in [0, 0.05) is 18.7 Å². The lowest BCUT2D eigenvalue weighted by Crippen LogP contribution is -2.31. The Hall–Kier alpha value is -3.52. The second kappa shape index (κ2) is 11.1. The number of carbonyl (C=O) groups excluding carboxylic acids is 2. The van der Waals surface area contributed by atoms with Crippen LogP contribution in [0.4, 0.5) is 0 Å².